The van der Waals surface area contributed by atoms with E-state index >= 15 is 0 Å². The third-order valence-electron chi connectivity index (χ3n) is 5.25. The van der Waals surface area contributed by atoms with E-state index < -0.39 is 6.04 Å². The normalized spacial score (nSPS) is 16.4. The highest BCUT2D eigenvalue weighted by Crippen LogP contribution is 2.19. The lowest BCUT2D eigenvalue weighted by molar-refractivity contribution is -0.124. The van der Waals surface area contributed by atoms with Gasteiger partial charge in [-0.15, -0.1) is 5.10 Å². The van der Waals surface area contributed by atoms with Gasteiger partial charge < -0.3 is 5.32 Å². The highest BCUT2D eigenvalue weighted by molar-refractivity contribution is 5.83. The van der Waals surface area contributed by atoms with Crippen LogP contribution in [0.5, 0.6) is 0 Å². The summed E-state index contributed by atoms with van der Waals surface area (Å²) in [4.78, 5) is 15.4. The number of halogens is 1. The van der Waals surface area contributed by atoms with Crippen molar-refractivity contribution in [3.8, 4) is 0 Å². The maximum absolute atomic E-state index is 13.1. The van der Waals surface area contributed by atoms with Crippen molar-refractivity contribution in [3.63, 3.8) is 0 Å². The molecule has 0 bridgehead atoms. The van der Waals surface area contributed by atoms with Crippen molar-refractivity contribution in [1.29, 1.82) is 0 Å². The van der Waals surface area contributed by atoms with Gasteiger partial charge in [0.15, 0.2) is 6.04 Å². The van der Waals surface area contributed by atoms with Gasteiger partial charge in [0, 0.05) is 25.7 Å². The summed E-state index contributed by atoms with van der Waals surface area (Å²) in [5, 5.41) is 14.4. The molecular formula is C21H23FN6O. The summed E-state index contributed by atoms with van der Waals surface area (Å²) < 4.78 is 14.5. The monoisotopic (exact) mass is 394 g/mol. The molecule has 3 aromatic rings. The van der Waals surface area contributed by atoms with Crippen molar-refractivity contribution < 1.29 is 9.18 Å². The molecule has 1 aliphatic rings. The number of hydrogen-bond donors (Lipinski definition) is 1. The van der Waals surface area contributed by atoms with Gasteiger partial charge in [-0.2, -0.15) is 0 Å². The number of rotatable bonds is 6. The molecule has 0 spiro atoms. The summed E-state index contributed by atoms with van der Waals surface area (Å²) in [6, 6.07) is 15.6. The van der Waals surface area contributed by atoms with E-state index in [0.29, 0.717) is 0 Å². The van der Waals surface area contributed by atoms with E-state index in [-0.39, 0.29) is 17.8 Å². The number of carbonyl (C=O) groups is 1. The summed E-state index contributed by atoms with van der Waals surface area (Å²) in [6.07, 6.45) is 3.19. The Morgan fingerprint density at radius 3 is 2.48 bits per heavy atom. The number of piperidine rings is 1. The molecule has 150 valence electrons. The molecule has 1 aromatic heterocycles. The highest BCUT2D eigenvalue weighted by atomic mass is 19.1. The SMILES string of the molecule is O=C(NC1CCN(Cc2ccc(F)cc2)CC1)C(c1ccccc1)n1cnnn1. The minimum Gasteiger partial charge on any atom is -0.351 e. The van der Waals surface area contributed by atoms with Crippen LogP contribution in [0, 0.1) is 5.82 Å². The molecule has 7 nitrogen and oxygen atoms in total. The van der Waals surface area contributed by atoms with Crippen LogP contribution in [0.3, 0.4) is 0 Å². The lowest BCUT2D eigenvalue weighted by atomic mass is 10.0. The summed E-state index contributed by atoms with van der Waals surface area (Å²) >= 11 is 0. The number of hydrogen-bond acceptors (Lipinski definition) is 5. The number of nitrogens with one attached hydrogen (secondary N) is 1. The number of carbonyl (C=O) groups excluding carboxylic acids is 1. The quantitative estimate of drug-likeness (QED) is 0.694. The standard InChI is InChI=1S/C21H23FN6O/c22-18-8-6-16(7-9-18)14-27-12-10-19(11-13-27)24-21(29)20(28-15-23-25-26-28)17-4-2-1-3-5-17/h1-9,15,19-20H,10-14H2,(H,24,29). The highest BCUT2D eigenvalue weighted by Gasteiger charge is 2.27. The Bertz CT molecular complexity index is 908. The Morgan fingerprint density at radius 2 is 1.83 bits per heavy atom. The molecule has 0 saturated carbocycles. The Hall–Kier alpha value is -3.13. The van der Waals surface area contributed by atoms with Gasteiger partial charge in [-0.05, 0) is 46.5 Å². The van der Waals surface area contributed by atoms with E-state index in [1.165, 1.54) is 23.1 Å². The Labute approximate surface area is 168 Å². The zero-order valence-corrected chi connectivity index (χ0v) is 16.0. The van der Waals surface area contributed by atoms with Gasteiger partial charge in [0.25, 0.3) is 0 Å². The summed E-state index contributed by atoms with van der Waals surface area (Å²) in [5.74, 6) is -0.328. The van der Waals surface area contributed by atoms with Crippen LogP contribution >= 0.6 is 0 Å². The fraction of sp³-hybridized carbons (Fsp3) is 0.333. The van der Waals surface area contributed by atoms with Gasteiger partial charge in [-0.25, -0.2) is 9.07 Å². The smallest absolute Gasteiger partial charge is 0.249 e. The van der Waals surface area contributed by atoms with E-state index in [1.54, 1.807) is 0 Å². The molecule has 1 fully saturated rings. The van der Waals surface area contributed by atoms with Crippen LogP contribution in [0.2, 0.25) is 0 Å². The van der Waals surface area contributed by atoms with Crippen LogP contribution in [0.15, 0.2) is 60.9 Å². The van der Waals surface area contributed by atoms with Crippen LogP contribution < -0.4 is 5.32 Å². The maximum Gasteiger partial charge on any atom is 0.249 e. The Morgan fingerprint density at radius 1 is 1.10 bits per heavy atom. The molecule has 1 N–H and O–H groups in total. The van der Waals surface area contributed by atoms with Crippen molar-refractivity contribution >= 4 is 5.91 Å². The van der Waals surface area contributed by atoms with Crippen molar-refractivity contribution in [1.82, 2.24) is 30.4 Å². The van der Waals surface area contributed by atoms with Crippen LogP contribution in [0.25, 0.3) is 0 Å². The first-order valence-electron chi connectivity index (χ1n) is 9.73. The van der Waals surface area contributed by atoms with Gasteiger partial charge >= 0.3 is 0 Å². The van der Waals surface area contributed by atoms with Crippen LogP contribution in [0.1, 0.15) is 30.0 Å². The molecule has 0 aliphatic carbocycles. The minimum atomic E-state index is -0.594. The molecule has 1 amide bonds. The lowest BCUT2D eigenvalue weighted by Gasteiger charge is -2.33. The predicted molar refractivity (Wildman–Crippen MR) is 105 cm³/mol. The maximum atomic E-state index is 13.1. The molecule has 1 atom stereocenters. The van der Waals surface area contributed by atoms with Crippen molar-refractivity contribution in [2.24, 2.45) is 0 Å². The molecule has 1 aliphatic heterocycles. The molecule has 29 heavy (non-hydrogen) atoms. The van der Waals surface area contributed by atoms with E-state index in [1.807, 2.05) is 42.5 Å². The molecule has 0 radical (unpaired) electrons. The second-order valence-corrected chi connectivity index (χ2v) is 7.29. The van der Waals surface area contributed by atoms with Gasteiger partial charge in [-0.3, -0.25) is 9.69 Å². The first-order valence-corrected chi connectivity index (χ1v) is 9.73. The summed E-state index contributed by atoms with van der Waals surface area (Å²) in [6.45, 7) is 2.55. The van der Waals surface area contributed by atoms with Crippen molar-refractivity contribution in [3.05, 3.63) is 77.9 Å². The average molecular weight is 394 g/mol. The number of tetrazole rings is 1. The Balaban J connectivity index is 1.35. The number of aromatic nitrogens is 4. The number of likely N-dealkylation sites (tertiary alicyclic amines) is 1. The third kappa shape index (κ3) is 4.83. The molecule has 8 heteroatoms. The molecule has 1 unspecified atom stereocenters. The number of amides is 1. The summed E-state index contributed by atoms with van der Waals surface area (Å²) in [7, 11) is 0. The van der Waals surface area contributed by atoms with E-state index in [9.17, 15) is 9.18 Å². The zero-order chi connectivity index (χ0) is 20.1. The van der Waals surface area contributed by atoms with Gasteiger partial charge in [0.05, 0.1) is 0 Å². The van der Waals surface area contributed by atoms with Crippen LogP contribution in [-0.2, 0) is 11.3 Å². The Kier molecular flexibility index (Phi) is 5.90. The average Bonchev–Trinajstić information content (AvgIpc) is 3.26. The first kappa shape index (κ1) is 19.2. The van der Waals surface area contributed by atoms with Crippen LogP contribution in [0.4, 0.5) is 4.39 Å². The van der Waals surface area contributed by atoms with Crippen molar-refractivity contribution in [2.45, 2.75) is 31.5 Å². The van der Waals surface area contributed by atoms with E-state index in [4.69, 9.17) is 0 Å². The molecule has 4 rings (SSSR count). The van der Waals surface area contributed by atoms with Crippen LogP contribution in [-0.4, -0.2) is 50.1 Å². The first-order chi connectivity index (χ1) is 14.2. The largest absolute Gasteiger partial charge is 0.351 e. The molecule has 2 aromatic carbocycles. The predicted octanol–water partition coefficient (Wildman–Crippen LogP) is 2.18. The summed E-state index contributed by atoms with van der Waals surface area (Å²) in [5.41, 5.74) is 1.93. The molecular weight excluding hydrogens is 371 g/mol. The van der Waals surface area contributed by atoms with Gasteiger partial charge in [0.1, 0.15) is 12.1 Å². The van der Waals surface area contributed by atoms with Crippen molar-refractivity contribution in [2.75, 3.05) is 13.1 Å². The molecule has 1 saturated heterocycles. The van der Waals surface area contributed by atoms with Gasteiger partial charge in [-0.1, -0.05) is 42.5 Å². The third-order valence-corrected chi connectivity index (χ3v) is 5.25. The zero-order valence-electron chi connectivity index (χ0n) is 16.0. The second-order valence-electron chi connectivity index (χ2n) is 7.29. The molecule has 2 heterocycles. The topological polar surface area (TPSA) is 75.9 Å². The van der Waals surface area contributed by atoms with Gasteiger partial charge in [0.2, 0.25) is 5.91 Å². The van der Waals surface area contributed by atoms with E-state index in [2.05, 4.69) is 25.7 Å². The minimum absolute atomic E-state index is 0.106. The fourth-order valence-corrected chi connectivity index (χ4v) is 3.71. The number of benzene rings is 2. The lowest BCUT2D eigenvalue weighted by Crippen LogP contribution is -2.46. The van der Waals surface area contributed by atoms with E-state index in [0.717, 1.165) is 43.6 Å². The second kappa shape index (κ2) is 8.91. The number of nitrogens with zero attached hydrogens (tertiary/aromatic N) is 5. The fourth-order valence-electron chi connectivity index (χ4n) is 3.71.